The van der Waals surface area contributed by atoms with Gasteiger partial charge in [-0.15, -0.1) is 0 Å². The molecule has 0 saturated carbocycles. The lowest BCUT2D eigenvalue weighted by Crippen LogP contribution is -2.38. The molecule has 24 heavy (non-hydrogen) atoms. The fourth-order valence-corrected chi connectivity index (χ4v) is 2.57. The fourth-order valence-electron chi connectivity index (χ4n) is 2.57. The second-order valence-electron chi connectivity index (χ2n) is 5.73. The summed E-state index contributed by atoms with van der Waals surface area (Å²) in [5.41, 5.74) is 0.663. The molecule has 1 aliphatic rings. The number of nitrogens with zero attached hydrogens (tertiary/aromatic N) is 4. The summed E-state index contributed by atoms with van der Waals surface area (Å²) in [6, 6.07) is 5.33. The normalized spacial score (nSPS) is 15.8. The Hall–Kier alpha value is -2.61. The van der Waals surface area contributed by atoms with E-state index in [-0.39, 0.29) is 12.1 Å². The van der Waals surface area contributed by atoms with Crippen LogP contribution in [0.3, 0.4) is 0 Å². The van der Waals surface area contributed by atoms with Crippen LogP contribution in [0.25, 0.3) is 0 Å². The summed E-state index contributed by atoms with van der Waals surface area (Å²) in [5.74, 6) is 0.899. The van der Waals surface area contributed by atoms with E-state index in [4.69, 9.17) is 4.74 Å². The van der Waals surface area contributed by atoms with Crippen molar-refractivity contribution in [1.82, 2.24) is 20.1 Å². The van der Waals surface area contributed by atoms with E-state index in [9.17, 15) is 4.79 Å². The molecule has 1 saturated heterocycles. The lowest BCUT2D eigenvalue weighted by molar-refractivity contribution is 0.122. The van der Waals surface area contributed by atoms with E-state index in [0.29, 0.717) is 12.2 Å². The van der Waals surface area contributed by atoms with Crippen molar-refractivity contribution in [3.63, 3.8) is 0 Å². The molecule has 8 heteroatoms. The molecule has 3 rings (SSSR count). The Morgan fingerprint density at radius 3 is 2.88 bits per heavy atom. The molecular weight excluding hydrogens is 308 g/mol. The molecule has 0 spiro atoms. The molecule has 1 aliphatic heterocycles. The molecule has 0 radical (unpaired) electrons. The number of aromatic nitrogens is 3. The van der Waals surface area contributed by atoms with Crippen molar-refractivity contribution < 1.29 is 9.53 Å². The Bertz CT molecular complexity index is 637. The third-order valence-electron chi connectivity index (χ3n) is 3.74. The van der Waals surface area contributed by atoms with E-state index in [0.717, 1.165) is 32.1 Å². The second-order valence-corrected chi connectivity index (χ2v) is 5.73. The van der Waals surface area contributed by atoms with E-state index in [1.165, 1.54) is 0 Å². The minimum absolute atomic E-state index is 0.0366. The zero-order valence-corrected chi connectivity index (χ0v) is 13.7. The van der Waals surface area contributed by atoms with Crippen LogP contribution in [-0.2, 0) is 11.3 Å². The van der Waals surface area contributed by atoms with Crippen molar-refractivity contribution in [2.75, 3.05) is 36.5 Å². The average Bonchev–Trinajstić information content (AvgIpc) is 3.09. The maximum atomic E-state index is 12.0. The van der Waals surface area contributed by atoms with E-state index in [1.54, 1.807) is 17.1 Å². The first-order chi connectivity index (χ1) is 11.7. The molecule has 8 nitrogen and oxygen atoms in total. The molecule has 1 atom stereocenters. The quantitative estimate of drug-likeness (QED) is 0.864. The van der Waals surface area contributed by atoms with Crippen LogP contribution in [0.15, 0.2) is 36.8 Å². The summed E-state index contributed by atoms with van der Waals surface area (Å²) in [4.78, 5) is 18.6. The number of carbonyl (C=O) groups excluding carboxylic acids is 1. The molecule has 0 bridgehead atoms. The molecular formula is C16H22N6O2. The van der Waals surface area contributed by atoms with Crippen LogP contribution in [0.4, 0.5) is 16.3 Å². The van der Waals surface area contributed by atoms with E-state index in [1.807, 2.05) is 31.3 Å². The summed E-state index contributed by atoms with van der Waals surface area (Å²) in [6.45, 7) is 5.67. The number of hydrogen-bond donors (Lipinski definition) is 2. The first kappa shape index (κ1) is 16.3. The van der Waals surface area contributed by atoms with Gasteiger partial charge in [0.25, 0.3) is 0 Å². The predicted molar refractivity (Wildman–Crippen MR) is 91.1 cm³/mol. The van der Waals surface area contributed by atoms with Gasteiger partial charge in [0.05, 0.1) is 31.6 Å². The van der Waals surface area contributed by atoms with Gasteiger partial charge in [0.2, 0.25) is 0 Å². The number of urea groups is 1. The third kappa shape index (κ3) is 4.45. The summed E-state index contributed by atoms with van der Waals surface area (Å²) < 4.78 is 7.11. The highest BCUT2D eigenvalue weighted by Crippen LogP contribution is 2.15. The van der Waals surface area contributed by atoms with E-state index in [2.05, 4.69) is 25.6 Å². The zero-order chi connectivity index (χ0) is 16.8. The molecule has 2 N–H and O–H groups in total. The van der Waals surface area contributed by atoms with Gasteiger partial charge >= 0.3 is 6.03 Å². The third-order valence-corrected chi connectivity index (χ3v) is 3.74. The standard InChI is InChI=1S/C16H22N6O2/c1-13(12-22-6-2-5-18-22)19-16(23)20-14-3-4-15(17-11-14)21-7-9-24-10-8-21/h2-6,11,13H,7-10,12H2,1H3,(H2,19,20,23)/t13-/m0/s1. The second kappa shape index (κ2) is 7.78. The number of nitrogens with one attached hydrogen (secondary N) is 2. The lowest BCUT2D eigenvalue weighted by Gasteiger charge is -2.27. The Morgan fingerprint density at radius 1 is 1.38 bits per heavy atom. The van der Waals surface area contributed by atoms with Crippen LogP contribution >= 0.6 is 0 Å². The number of pyridine rings is 1. The van der Waals surface area contributed by atoms with E-state index >= 15 is 0 Å². The van der Waals surface area contributed by atoms with E-state index < -0.39 is 0 Å². The van der Waals surface area contributed by atoms with Gasteiger partial charge in [-0.3, -0.25) is 4.68 Å². The fraction of sp³-hybridized carbons (Fsp3) is 0.438. The largest absolute Gasteiger partial charge is 0.378 e. The number of anilines is 2. The van der Waals surface area contributed by atoms with Crippen LogP contribution in [0, 0.1) is 0 Å². The summed E-state index contributed by atoms with van der Waals surface area (Å²) in [5, 5.41) is 9.80. The predicted octanol–water partition coefficient (Wildman–Crippen LogP) is 1.32. The highest BCUT2D eigenvalue weighted by atomic mass is 16.5. The SMILES string of the molecule is C[C@@H](Cn1cccn1)NC(=O)Nc1ccc(N2CCOCC2)nc1. The zero-order valence-electron chi connectivity index (χ0n) is 13.7. The van der Waals surface area contributed by atoms with Crippen LogP contribution in [0.2, 0.25) is 0 Å². The number of amides is 2. The van der Waals surface area contributed by atoms with Crippen LogP contribution in [-0.4, -0.2) is 53.1 Å². The Balaban J connectivity index is 1.48. The van der Waals surface area contributed by atoms with Gasteiger partial charge in [0.15, 0.2) is 0 Å². The lowest BCUT2D eigenvalue weighted by atomic mass is 10.3. The van der Waals surface area contributed by atoms with Gasteiger partial charge in [-0.2, -0.15) is 5.10 Å². The topological polar surface area (TPSA) is 84.3 Å². The summed E-state index contributed by atoms with van der Waals surface area (Å²) >= 11 is 0. The molecule has 0 unspecified atom stereocenters. The maximum Gasteiger partial charge on any atom is 0.319 e. The smallest absolute Gasteiger partial charge is 0.319 e. The first-order valence-electron chi connectivity index (χ1n) is 8.04. The molecule has 0 aromatic carbocycles. The highest BCUT2D eigenvalue weighted by molar-refractivity contribution is 5.89. The number of hydrogen-bond acceptors (Lipinski definition) is 5. The number of ether oxygens (including phenoxy) is 1. The van der Waals surface area contributed by atoms with Crippen molar-refractivity contribution in [2.45, 2.75) is 19.5 Å². The Kier molecular flexibility index (Phi) is 5.27. The highest BCUT2D eigenvalue weighted by Gasteiger charge is 2.13. The maximum absolute atomic E-state index is 12.0. The van der Waals surface area contributed by atoms with Crippen molar-refractivity contribution in [2.24, 2.45) is 0 Å². The molecule has 3 heterocycles. The molecule has 0 aliphatic carbocycles. The Morgan fingerprint density at radius 2 is 2.21 bits per heavy atom. The van der Waals surface area contributed by atoms with Gasteiger partial charge in [0.1, 0.15) is 5.82 Å². The van der Waals surface area contributed by atoms with Gasteiger partial charge in [-0.25, -0.2) is 9.78 Å². The number of rotatable bonds is 5. The van der Waals surface area contributed by atoms with Crippen molar-refractivity contribution in [3.8, 4) is 0 Å². The van der Waals surface area contributed by atoms with Gasteiger partial charge in [-0.05, 0) is 25.1 Å². The molecule has 2 aromatic heterocycles. The number of morpholine rings is 1. The minimum Gasteiger partial charge on any atom is -0.378 e. The van der Waals surface area contributed by atoms with Crippen molar-refractivity contribution in [3.05, 3.63) is 36.8 Å². The molecule has 2 aromatic rings. The summed E-state index contributed by atoms with van der Waals surface area (Å²) in [7, 11) is 0. The van der Waals surface area contributed by atoms with Crippen molar-refractivity contribution >= 4 is 17.5 Å². The first-order valence-corrected chi connectivity index (χ1v) is 8.04. The van der Waals surface area contributed by atoms with Gasteiger partial charge < -0.3 is 20.3 Å². The van der Waals surface area contributed by atoms with Crippen LogP contribution in [0.1, 0.15) is 6.92 Å². The molecule has 128 valence electrons. The molecule has 2 amide bonds. The Labute approximate surface area is 140 Å². The van der Waals surface area contributed by atoms with Gasteiger partial charge in [0, 0.05) is 31.5 Å². The van der Waals surface area contributed by atoms with Crippen LogP contribution in [0.5, 0.6) is 0 Å². The molecule has 1 fully saturated rings. The van der Waals surface area contributed by atoms with Gasteiger partial charge in [-0.1, -0.05) is 0 Å². The number of carbonyl (C=O) groups is 1. The average molecular weight is 330 g/mol. The minimum atomic E-state index is -0.254. The summed E-state index contributed by atoms with van der Waals surface area (Å²) in [6.07, 6.45) is 5.25. The van der Waals surface area contributed by atoms with Crippen LogP contribution < -0.4 is 15.5 Å². The van der Waals surface area contributed by atoms with Crippen molar-refractivity contribution in [1.29, 1.82) is 0 Å². The monoisotopic (exact) mass is 330 g/mol.